The van der Waals surface area contributed by atoms with Gasteiger partial charge in [-0.25, -0.2) is 0 Å². The van der Waals surface area contributed by atoms with Gasteiger partial charge in [-0.15, -0.1) is 0 Å². The molecule has 0 amide bonds. The molecule has 0 radical (unpaired) electrons. The van der Waals surface area contributed by atoms with Crippen LogP contribution in [-0.2, 0) is 13.5 Å². The van der Waals surface area contributed by atoms with Gasteiger partial charge in [-0.3, -0.25) is 4.68 Å². The molecule has 1 aliphatic rings. The normalized spacial score (nSPS) is 17.8. The Morgan fingerprint density at radius 2 is 2.00 bits per heavy atom. The summed E-state index contributed by atoms with van der Waals surface area (Å²) in [6.45, 7) is 0. The SMILES string of the molecule is Cn1ccc(CC(CBr)(CBr)C2CCCC2)n1. The molecular weight excluding hydrogens is 344 g/mol. The van der Waals surface area contributed by atoms with Crippen LogP contribution in [0.3, 0.4) is 0 Å². The molecule has 4 heteroatoms. The summed E-state index contributed by atoms with van der Waals surface area (Å²) >= 11 is 7.49. The third-order valence-electron chi connectivity index (χ3n) is 4.06. The van der Waals surface area contributed by atoms with E-state index in [9.17, 15) is 0 Å². The minimum atomic E-state index is 0.338. The lowest BCUT2D eigenvalue weighted by Crippen LogP contribution is -2.35. The van der Waals surface area contributed by atoms with E-state index in [2.05, 4.69) is 43.0 Å². The Hall–Kier alpha value is 0.170. The van der Waals surface area contributed by atoms with Crippen molar-refractivity contribution in [3.05, 3.63) is 18.0 Å². The minimum absolute atomic E-state index is 0.338. The molecule has 0 bridgehead atoms. The van der Waals surface area contributed by atoms with Crippen molar-refractivity contribution in [3.63, 3.8) is 0 Å². The molecule has 96 valence electrons. The lowest BCUT2D eigenvalue weighted by Gasteiger charge is -2.35. The molecule has 1 saturated carbocycles. The third kappa shape index (κ3) is 2.95. The summed E-state index contributed by atoms with van der Waals surface area (Å²) in [5.74, 6) is 0.836. The highest BCUT2D eigenvalue weighted by Crippen LogP contribution is 2.44. The molecule has 0 aliphatic heterocycles. The van der Waals surface area contributed by atoms with Crippen molar-refractivity contribution >= 4 is 31.9 Å². The summed E-state index contributed by atoms with van der Waals surface area (Å²) in [5, 5.41) is 6.66. The second-order valence-electron chi connectivity index (χ2n) is 5.27. The highest BCUT2D eigenvalue weighted by atomic mass is 79.9. The first kappa shape index (κ1) is 13.6. The Kier molecular flexibility index (Phi) is 4.70. The van der Waals surface area contributed by atoms with Gasteiger partial charge in [-0.2, -0.15) is 5.10 Å². The summed E-state index contributed by atoms with van der Waals surface area (Å²) in [7, 11) is 1.99. The van der Waals surface area contributed by atoms with Gasteiger partial charge >= 0.3 is 0 Å². The van der Waals surface area contributed by atoms with E-state index >= 15 is 0 Å². The molecule has 1 aromatic heterocycles. The van der Waals surface area contributed by atoms with E-state index in [1.54, 1.807) is 0 Å². The van der Waals surface area contributed by atoms with E-state index < -0.39 is 0 Å². The van der Waals surface area contributed by atoms with E-state index in [-0.39, 0.29) is 0 Å². The zero-order valence-electron chi connectivity index (χ0n) is 10.3. The van der Waals surface area contributed by atoms with Crippen molar-refractivity contribution < 1.29 is 0 Å². The number of hydrogen-bond donors (Lipinski definition) is 0. The van der Waals surface area contributed by atoms with Gasteiger partial charge in [0, 0.05) is 23.9 Å². The van der Waals surface area contributed by atoms with Crippen LogP contribution < -0.4 is 0 Å². The molecular formula is C13H20Br2N2. The van der Waals surface area contributed by atoms with Crippen molar-refractivity contribution in [1.29, 1.82) is 0 Å². The van der Waals surface area contributed by atoms with Crippen molar-refractivity contribution in [2.24, 2.45) is 18.4 Å². The van der Waals surface area contributed by atoms with Gasteiger partial charge in [0.2, 0.25) is 0 Å². The maximum Gasteiger partial charge on any atom is 0.0630 e. The monoisotopic (exact) mass is 362 g/mol. The number of alkyl halides is 2. The molecule has 2 rings (SSSR count). The second kappa shape index (κ2) is 5.87. The number of rotatable bonds is 5. The quantitative estimate of drug-likeness (QED) is 0.724. The van der Waals surface area contributed by atoms with Crippen LogP contribution in [0, 0.1) is 11.3 Å². The standard InChI is InChI=1S/C13H20Br2N2/c1-17-7-6-12(16-17)8-13(9-14,10-15)11-4-2-3-5-11/h6-7,11H,2-5,8-10H2,1H3. The van der Waals surface area contributed by atoms with Crippen molar-refractivity contribution in [1.82, 2.24) is 9.78 Å². The number of nitrogens with zero attached hydrogens (tertiary/aromatic N) is 2. The Morgan fingerprint density at radius 3 is 2.47 bits per heavy atom. The Labute approximate surface area is 120 Å². The lowest BCUT2D eigenvalue weighted by molar-refractivity contribution is 0.230. The molecule has 0 saturated heterocycles. The summed E-state index contributed by atoms with van der Waals surface area (Å²) in [6, 6.07) is 2.15. The van der Waals surface area contributed by atoms with Crippen LogP contribution in [0.1, 0.15) is 31.4 Å². The van der Waals surface area contributed by atoms with Crippen LogP contribution in [0.5, 0.6) is 0 Å². The van der Waals surface area contributed by atoms with E-state index in [0.717, 1.165) is 23.0 Å². The van der Waals surface area contributed by atoms with E-state index in [4.69, 9.17) is 0 Å². The lowest BCUT2D eigenvalue weighted by atomic mass is 9.74. The fourth-order valence-corrected chi connectivity index (χ4v) is 5.19. The average molecular weight is 364 g/mol. The maximum absolute atomic E-state index is 4.54. The summed E-state index contributed by atoms with van der Waals surface area (Å²) < 4.78 is 1.90. The topological polar surface area (TPSA) is 17.8 Å². The van der Waals surface area contributed by atoms with Crippen LogP contribution in [-0.4, -0.2) is 20.4 Å². The third-order valence-corrected chi connectivity index (χ3v) is 6.29. The number of aromatic nitrogens is 2. The highest BCUT2D eigenvalue weighted by Gasteiger charge is 2.39. The van der Waals surface area contributed by atoms with Crippen molar-refractivity contribution in [2.45, 2.75) is 32.1 Å². The molecule has 1 aliphatic carbocycles. The van der Waals surface area contributed by atoms with Crippen LogP contribution in [0.4, 0.5) is 0 Å². The van der Waals surface area contributed by atoms with Gasteiger partial charge in [0.1, 0.15) is 0 Å². The average Bonchev–Trinajstić information content (AvgIpc) is 2.98. The molecule has 17 heavy (non-hydrogen) atoms. The molecule has 0 aromatic carbocycles. The molecule has 1 aromatic rings. The van der Waals surface area contributed by atoms with Crippen LogP contribution in [0.25, 0.3) is 0 Å². The zero-order chi connectivity index (χ0) is 12.3. The molecule has 0 unspecified atom stereocenters. The van der Waals surface area contributed by atoms with Gasteiger partial charge < -0.3 is 0 Å². The molecule has 1 heterocycles. The number of halogens is 2. The second-order valence-corrected chi connectivity index (χ2v) is 6.39. The summed E-state index contributed by atoms with van der Waals surface area (Å²) in [5.41, 5.74) is 1.56. The minimum Gasteiger partial charge on any atom is -0.276 e. The number of aryl methyl sites for hydroxylation is 1. The summed E-state index contributed by atoms with van der Waals surface area (Å²) in [4.78, 5) is 0. The van der Waals surface area contributed by atoms with Crippen LogP contribution in [0.15, 0.2) is 12.3 Å². The highest BCUT2D eigenvalue weighted by molar-refractivity contribution is 9.09. The van der Waals surface area contributed by atoms with E-state index in [0.29, 0.717) is 5.41 Å². The first-order valence-corrected chi connectivity index (χ1v) is 8.55. The largest absolute Gasteiger partial charge is 0.276 e. The Balaban J connectivity index is 2.15. The first-order valence-electron chi connectivity index (χ1n) is 6.30. The van der Waals surface area contributed by atoms with E-state index in [1.807, 2.05) is 17.9 Å². The van der Waals surface area contributed by atoms with Gasteiger partial charge in [0.15, 0.2) is 0 Å². The Morgan fingerprint density at radius 1 is 1.35 bits per heavy atom. The Bertz CT molecular complexity index is 352. The smallest absolute Gasteiger partial charge is 0.0630 e. The predicted molar refractivity (Wildman–Crippen MR) is 78.9 cm³/mol. The predicted octanol–water partition coefficient (Wildman–Crippen LogP) is 3.93. The van der Waals surface area contributed by atoms with Crippen molar-refractivity contribution in [2.75, 3.05) is 10.7 Å². The molecule has 1 fully saturated rings. The molecule has 2 nitrogen and oxygen atoms in total. The molecule has 0 spiro atoms. The first-order chi connectivity index (χ1) is 8.20. The van der Waals surface area contributed by atoms with Gasteiger partial charge in [-0.1, -0.05) is 44.7 Å². The van der Waals surface area contributed by atoms with Gasteiger partial charge in [0.25, 0.3) is 0 Å². The zero-order valence-corrected chi connectivity index (χ0v) is 13.5. The van der Waals surface area contributed by atoms with E-state index in [1.165, 1.54) is 31.4 Å². The van der Waals surface area contributed by atoms with Gasteiger partial charge in [-0.05, 0) is 36.7 Å². The van der Waals surface area contributed by atoms with Crippen LogP contribution in [0.2, 0.25) is 0 Å². The maximum atomic E-state index is 4.54. The summed E-state index contributed by atoms with van der Waals surface area (Å²) in [6.07, 6.45) is 8.67. The fraction of sp³-hybridized carbons (Fsp3) is 0.769. The van der Waals surface area contributed by atoms with Gasteiger partial charge in [0.05, 0.1) is 5.69 Å². The molecule has 0 N–H and O–H groups in total. The van der Waals surface area contributed by atoms with Crippen molar-refractivity contribution in [3.8, 4) is 0 Å². The molecule has 0 atom stereocenters. The fourth-order valence-electron chi connectivity index (χ4n) is 2.95. The number of hydrogen-bond acceptors (Lipinski definition) is 1. The van der Waals surface area contributed by atoms with Crippen LogP contribution >= 0.6 is 31.9 Å².